The third kappa shape index (κ3) is 1.43. The fraction of sp³-hybridized carbons (Fsp3) is 0.133. The minimum Gasteiger partial charge on any atom is -0.272 e. The van der Waals surface area contributed by atoms with Crippen molar-refractivity contribution < 1.29 is 4.79 Å². The predicted octanol–water partition coefficient (Wildman–Crippen LogP) is 3.69. The van der Waals surface area contributed by atoms with Gasteiger partial charge in [0.15, 0.2) is 0 Å². The number of amides is 1. The zero-order valence-corrected chi connectivity index (χ0v) is 12.1. The molecule has 2 nitrogen and oxygen atoms in total. The Morgan fingerprint density at radius 3 is 2.33 bits per heavy atom. The molecule has 0 N–H and O–H groups in total. The maximum absolute atomic E-state index is 12.6. The van der Waals surface area contributed by atoms with Gasteiger partial charge in [0.05, 0.1) is 34.0 Å². The summed E-state index contributed by atoms with van der Waals surface area (Å²) in [6.07, 6.45) is 0. The van der Waals surface area contributed by atoms with Gasteiger partial charge in [0, 0.05) is 0 Å². The van der Waals surface area contributed by atoms with Gasteiger partial charge in [0.1, 0.15) is 0 Å². The second-order valence-electron chi connectivity index (χ2n) is 4.59. The smallest absolute Gasteiger partial charge is 0.250 e. The number of rotatable bonds is 1. The van der Waals surface area contributed by atoms with Crippen molar-refractivity contribution in [2.45, 2.75) is 12.3 Å². The van der Waals surface area contributed by atoms with Gasteiger partial charge in [-0.1, -0.05) is 48.5 Å². The Morgan fingerprint density at radius 1 is 1.00 bits per heavy atom. The molecule has 0 fully saturated rings. The molecule has 2 aromatic rings. The molecular weight excluding hydrogens is 337 g/mol. The highest BCUT2D eigenvalue weighted by Gasteiger charge is 2.47. The molecule has 1 aliphatic heterocycles. The normalized spacial score (nSPS) is 22.1. The molecule has 1 amide bonds. The van der Waals surface area contributed by atoms with Gasteiger partial charge in [-0.2, -0.15) is 0 Å². The fourth-order valence-corrected chi connectivity index (χ4v) is 3.44. The number of anilines is 1. The van der Waals surface area contributed by atoms with E-state index in [2.05, 4.69) is 22.9 Å². The highest BCUT2D eigenvalue weighted by molar-refractivity contribution is 14.1. The average Bonchev–Trinajstić information content (AvgIpc) is 2.64. The lowest BCUT2D eigenvalue weighted by atomic mass is 9.77. The van der Waals surface area contributed by atoms with Gasteiger partial charge < -0.3 is 0 Å². The lowest BCUT2D eigenvalue weighted by Crippen LogP contribution is -2.34. The van der Waals surface area contributed by atoms with Crippen molar-refractivity contribution in [1.29, 1.82) is 0 Å². The number of para-hydroxylation sites is 1. The molecule has 0 radical (unpaired) electrons. The zero-order chi connectivity index (χ0) is 12.8. The molecule has 1 aliphatic rings. The summed E-state index contributed by atoms with van der Waals surface area (Å²) in [5.41, 5.74) is 2.55. The molecule has 0 aliphatic carbocycles. The van der Waals surface area contributed by atoms with Gasteiger partial charge in [-0.05, 0) is 24.1 Å². The van der Waals surface area contributed by atoms with Crippen LogP contribution >= 0.6 is 22.9 Å². The largest absolute Gasteiger partial charge is 0.272 e. The Balaban J connectivity index is 2.27. The number of nitrogens with zero attached hydrogens (tertiary/aromatic N) is 1. The maximum Gasteiger partial charge on any atom is 0.250 e. The number of hydrogen-bond acceptors (Lipinski definition) is 1. The lowest BCUT2D eigenvalue weighted by molar-refractivity contribution is -0.119. The molecule has 1 atom stereocenters. The average molecular weight is 349 g/mol. The Bertz CT molecular complexity index is 611. The Kier molecular flexibility index (Phi) is 2.66. The van der Waals surface area contributed by atoms with Crippen molar-refractivity contribution in [2.24, 2.45) is 0 Å². The number of carbonyl (C=O) groups is 1. The van der Waals surface area contributed by atoms with E-state index in [4.69, 9.17) is 0 Å². The molecule has 0 spiro atoms. The molecule has 0 saturated heterocycles. The quantitative estimate of drug-likeness (QED) is 0.568. The summed E-state index contributed by atoms with van der Waals surface area (Å²) in [4.78, 5) is 12.6. The van der Waals surface area contributed by atoms with Gasteiger partial charge in [0.25, 0.3) is 5.91 Å². The van der Waals surface area contributed by atoms with Gasteiger partial charge in [0.2, 0.25) is 0 Å². The second-order valence-corrected chi connectivity index (χ2v) is 5.56. The summed E-state index contributed by atoms with van der Waals surface area (Å²) >= 11 is 2.09. The molecular formula is C15H12INO. The van der Waals surface area contributed by atoms with E-state index in [9.17, 15) is 4.79 Å². The van der Waals surface area contributed by atoms with E-state index in [0.717, 1.165) is 16.8 Å². The topological polar surface area (TPSA) is 20.3 Å². The maximum atomic E-state index is 12.6. The van der Waals surface area contributed by atoms with Crippen LogP contribution in [0, 0.1) is 0 Å². The molecule has 0 saturated carbocycles. The molecule has 90 valence electrons. The standard InChI is InChI=1S/C15H12INO/c1-15(11-7-3-2-4-8-11)12-9-5-6-10-13(12)17(16)14(15)18/h2-10H,1H3/t15-/m0/s1. The SMILES string of the molecule is C[C@@]1(c2ccccc2)C(=O)N(I)c2ccccc21. The molecule has 3 heteroatoms. The summed E-state index contributed by atoms with van der Waals surface area (Å²) in [5, 5.41) is 0. The van der Waals surface area contributed by atoms with Crippen LogP contribution in [-0.4, -0.2) is 5.91 Å². The Labute approximate surface area is 120 Å². The number of carbonyl (C=O) groups excluding carboxylic acids is 1. The van der Waals surface area contributed by atoms with Crippen LogP contribution in [0.4, 0.5) is 5.69 Å². The number of halogens is 1. The molecule has 1 heterocycles. The van der Waals surface area contributed by atoms with Crippen molar-refractivity contribution in [3.05, 3.63) is 65.7 Å². The van der Waals surface area contributed by atoms with Crippen LogP contribution < -0.4 is 3.11 Å². The predicted molar refractivity (Wildman–Crippen MR) is 80.8 cm³/mol. The van der Waals surface area contributed by atoms with Gasteiger partial charge in [-0.15, -0.1) is 0 Å². The first-order chi connectivity index (χ1) is 8.65. The van der Waals surface area contributed by atoms with Crippen molar-refractivity contribution in [3.8, 4) is 0 Å². The van der Waals surface area contributed by atoms with E-state index in [1.807, 2.05) is 61.5 Å². The molecule has 0 aromatic heterocycles. The van der Waals surface area contributed by atoms with E-state index >= 15 is 0 Å². The van der Waals surface area contributed by atoms with Crippen LogP contribution in [0.5, 0.6) is 0 Å². The van der Waals surface area contributed by atoms with E-state index in [-0.39, 0.29) is 5.91 Å². The Morgan fingerprint density at radius 2 is 1.61 bits per heavy atom. The zero-order valence-electron chi connectivity index (χ0n) is 9.93. The summed E-state index contributed by atoms with van der Waals surface area (Å²) in [5.74, 6) is 0.121. The Hall–Kier alpha value is -1.36. The van der Waals surface area contributed by atoms with Crippen molar-refractivity contribution in [1.82, 2.24) is 0 Å². The monoisotopic (exact) mass is 349 g/mol. The van der Waals surface area contributed by atoms with E-state index < -0.39 is 5.41 Å². The molecule has 18 heavy (non-hydrogen) atoms. The van der Waals surface area contributed by atoms with Crippen LogP contribution in [-0.2, 0) is 10.2 Å². The summed E-state index contributed by atoms with van der Waals surface area (Å²) in [7, 11) is 0. The first-order valence-electron chi connectivity index (χ1n) is 5.81. The minimum absolute atomic E-state index is 0.121. The number of benzene rings is 2. The van der Waals surface area contributed by atoms with Crippen LogP contribution in [0.2, 0.25) is 0 Å². The summed E-state index contributed by atoms with van der Waals surface area (Å²) in [6.45, 7) is 2.00. The second kappa shape index (κ2) is 4.09. The lowest BCUT2D eigenvalue weighted by Gasteiger charge is -2.23. The first-order valence-corrected chi connectivity index (χ1v) is 6.77. The fourth-order valence-electron chi connectivity index (χ4n) is 2.54. The highest BCUT2D eigenvalue weighted by Crippen LogP contribution is 2.47. The van der Waals surface area contributed by atoms with Crippen molar-refractivity contribution in [2.75, 3.05) is 3.11 Å². The van der Waals surface area contributed by atoms with E-state index in [1.165, 1.54) is 0 Å². The summed E-state index contributed by atoms with van der Waals surface area (Å²) in [6, 6.07) is 18.0. The molecule has 0 unspecified atom stereocenters. The molecule has 3 rings (SSSR count). The van der Waals surface area contributed by atoms with E-state index in [0.29, 0.717) is 0 Å². The first kappa shape index (κ1) is 11.7. The van der Waals surface area contributed by atoms with Gasteiger partial charge in [-0.25, -0.2) is 0 Å². The van der Waals surface area contributed by atoms with Crippen LogP contribution in [0.3, 0.4) is 0 Å². The van der Waals surface area contributed by atoms with Crippen molar-refractivity contribution in [3.63, 3.8) is 0 Å². The van der Waals surface area contributed by atoms with E-state index in [1.54, 1.807) is 3.11 Å². The third-order valence-corrected chi connectivity index (χ3v) is 4.57. The van der Waals surface area contributed by atoms with Crippen LogP contribution in [0.15, 0.2) is 54.6 Å². The number of hydrogen-bond donors (Lipinski definition) is 0. The molecule has 2 aromatic carbocycles. The van der Waals surface area contributed by atoms with Gasteiger partial charge >= 0.3 is 0 Å². The van der Waals surface area contributed by atoms with Crippen LogP contribution in [0.25, 0.3) is 0 Å². The summed E-state index contributed by atoms with van der Waals surface area (Å²) < 4.78 is 1.72. The van der Waals surface area contributed by atoms with Crippen molar-refractivity contribution >= 4 is 34.5 Å². The minimum atomic E-state index is -0.570. The number of fused-ring (bicyclic) bond motifs is 1. The highest BCUT2D eigenvalue weighted by atomic mass is 127. The third-order valence-electron chi connectivity index (χ3n) is 3.61. The van der Waals surface area contributed by atoms with Gasteiger partial charge in [-0.3, -0.25) is 7.91 Å². The van der Waals surface area contributed by atoms with Crippen LogP contribution in [0.1, 0.15) is 18.1 Å². The molecule has 0 bridgehead atoms.